The lowest BCUT2D eigenvalue weighted by atomic mass is 10.2. The molecule has 0 fully saturated rings. The molecule has 1 unspecified atom stereocenters. The Labute approximate surface area is 96.8 Å². The third-order valence-electron chi connectivity index (χ3n) is 1.86. The van der Waals surface area contributed by atoms with E-state index in [9.17, 15) is 0 Å². The van der Waals surface area contributed by atoms with Crippen LogP contribution in [-0.2, 0) is 4.74 Å². The fraction of sp³-hybridized carbons (Fsp3) is 0.556. The smallest absolute Gasteiger partial charge is 0.0587 e. The van der Waals surface area contributed by atoms with E-state index in [1.54, 1.807) is 18.4 Å². The minimum absolute atomic E-state index is 0.237. The van der Waals surface area contributed by atoms with Crippen LogP contribution in [0.1, 0.15) is 10.9 Å². The fourth-order valence-electron chi connectivity index (χ4n) is 1.15. The van der Waals surface area contributed by atoms with Crippen molar-refractivity contribution in [3.63, 3.8) is 0 Å². The molecule has 0 aliphatic heterocycles. The first kappa shape index (κ1) is 12.1. The van der Waals surface area contributed by atoms with Gasteiger partial charge in [-0.15, -0.1) is 11.3 Å². The van der Waals surface area contributed by atoms with Crippen molar-refractivity contribution < 1.29 is 4.74 Å². The Kier molecular flexibility index (Phi) is 5.66. The Balaban J connectivity index is 2.45. The Morgan fingerprint density at radius 2 is 2.50 bits per heavy atom. The Bertz CT molecular complexity index is 267. The molecule has 0 saturated heterocycles. The second-order valence-electron chi connectivity index (χ2n) is 2.90. The van der Waals surface area contributed by atoms with E-state index in [1.165, 1.54) is 4.88 Å². The van der Waals surface area contributed by atoms with Gasteiger partial charge in [0.25, 0.3) is 0 Å². The van der Waals surface area contributed by atoms with Gasteiger partial charge in [-0.3, -0.25) is 0 Å². The van der Waals surface area contributed by atoms with E-state index >= 15 is 0 Å². The molecule has 14 heavy (non-hydrogen) atoms. The van der Waals surface area contributed by atoms with E-state index in [2.05, 4.69) is 32.7 Å². The van der Waals surface area contributed by atoms with Gasteiger partial charge in [0.1, 0.15) is 0 Å². The highest BCUT2D eigenvalue weighted by Gasteiger charge is 2.10. The second kappa shape index (κ2) is 6.53. The molecule has 0 saturated carbocycles. The maximum Gasteiger partial charge on any atom is 0.0587 e. The number of rotatable bonds is 6. The maximum absolute atomic E-state index is 5.68. The zero-order valence-electron chi connectivity index (χ0n) is 8.13. The van der Waals surface area contributed by atoms with Crippen molar-refractivity contribution in [2.45, 2.75) is 6.04 Å². The van der Waals surface area contributed by atoms with Gasteiger partial charge in [-0.25, -0.2) is 0 Å². The molecule has 1 heterocycles. The predicted octanol–water partition coefficient (Wildman–Crippen LogP) is 1.75. The van der Waals surface area contributed by atoms with Gasteiger partial charge in [-0.1, -0.05) is 0 Å². The summed E-state index contributed by atoms with van der Waals surface area (Å²) in [5, 5.41) is 5.41. The topological polar surface area (TPSA) is 47.3 Å². The van der Waals surface area contributed by atoms with E-state index in [4.69, 9.17) is 10.5 Å². The van der Waals surface area contributed by atoms with Crippen LogP contribution in [0.15, 0.2) is 15.9 Å². The summed E-state index contributed by atoms with van der Waals surface area (Å²) in [6, 6.07) is 2.34. The summed E-state index contributed by atoms with van der Waals surface area (Å²) in [5.74, 6) is 0. The van der Waals surface area contributed by atoms with Gasteiger partial charge < -0.3 is 15.8 Å². The van der Waals surface area contributed by atoms with Gasteiger partial charge >= 0.3 is 0 Å². The minimum Gasteiger partial charge on any atom is -0.383 e. The third kappa shape index (κ3) is 3.67. The van der Waals surface area contributed by atoms with Crippen LogP contribution in [0.3, 0.4) is 0 Å². The molecule has 0 radical (unpaired) electrons. The highest BCUT2D eigenvalue weighted by atomic mass is 79.9. The molecule has 0 aliphatic carbocycles. The van der Waals surface area contributed by atoms with Gasteiger partial charge in [0, 0.05) is 34.9 Å². The summed E-state index contributed by atoms with van der Waals surface area (Å²) >= 11 is 5.14. The molecule has 0 spiro atoms. The Morgan fingerprint density at radius 1 is 1.71 bits per heavy atom. The van der Waals surface area contributed by atoms with Gasteiger partial charge in [0.05, 0.1) is 12.6 Å². The molecule has 3 nitrogen and oxygen atoms in total. The first-order chi connectivity index (χ1) is 6.77. The molecular weight excluding hydrogens is 264 g/mol. The average molecular weight is 279 g/mol. The van der Waals surface area contributed by atoms with E-state index in [1.807, 2.05) is 0 Å². The monoisotopic (exact) mass is 278 g/mol. The normalized spacial score (nSPS) is 13.1. The summed E-state index contributed by atoms with van der Waals surface area (Å²) in [5.41, 5.74) is 5.68. The van der Waals surface area contributed by atoms with Crippen molar-refractivity contribution in [1.82, 2.24) is 5.32 Å². The summed E-state index contributed by atoms with van der Waals surface area (Å²) in [6.45, 7) is 2.15. The van der Waals surface area contributed by atoms with E-state index in [-0.39, 0.29) is 6.04 Å². The lowest BCUT2D eigenvalue weighted by Gasteiger charge is -2.14. The molecule has 1 aromatic heterocycles. The average Bonchev–Trinajstić information content (AvgIpc) is 2.60. The van der Waals surface area contributed by atoms with Gasteiger partial charge in [-0.2, -0.15) is 0 Å². The summed E-state index contributed by atoms with van der Waals surface area (Å²) in [4.78, 5) is 1.26. The standard InChI is InChI=1S/C9H15BrN2OS/c1-13-3-2-12-8(5-11)9-4-7(10)6-14-9/h4,6,8,12H,2-3,5,11H2,1H3. The lowest BCUT2D eigenvalue weighted by Crippen LogP contribution is -2.30. The molecule has 1 aromatic rings. The molecule has 0 aliphatic rings. The molecular formula is C9H15BrN2OS. The van der Waals surface area contributed by atoms with Crippen LogP contribution < -0.4 is 11.1 Å². The van der Waals surface area contributed by atoms with Crippen LogP contribution in [0.4, 0.5) is 0 Å². The van der Waals surface area contributed by atoms with Crippen molar-refractivity contribution >= 4 is 27.3 Å². The number of hydrogen-bond donors (Lipinski definition) is 2. The first-order valence-electron chi connectivity index (χ1n) is 4.44. The molecule has 1 rings (SSSR count). The van der Waals surface area contributed by atoms with Crippen LogP contribution in [-0.4, -0.2) is 26.8 Å². The van der Waals surface area contributed by atoms with Crippen LogP contribution in [0, 0.1) is 0 Å². The van der Waals surface area contributed by atoms with Crippen molar-refractivity contribution in [1.29, 1.82) is 0 Å². The number of methoxy groups -OCH3 is 1. The number of ether oxygens (including phenoxy) is 1. The minimum atomic E-state index is 0.237. The largest absolute Gasteiger partial charge is 0.383 e. The van der Waals surface area contributed by atoms with Gasteiger partial charge in [0.2, 0.25) is 0 Å². The van der Waals surface area contributed by atoms with Crippen molar-refractivity contribution in [2.24, 2.45) is 5.73 Å². The van der Waals surface area contributed by atoms with Crippen molar-refractivity contribution in [3.05, 3.63) is 20.8 Å². The van der Waals surface area contributed by atoms with Crippen molar-refractivity contribution in [2.75, 3.05) is 26.8 Å². The van der Waals surface area contributed by atoms with E-state index < -0.39 is 0 Å². The number of thiophene rings is 1. The van der Waals surface area contributed by atoms with Crippen molar-refractivity contribution in [3.8, 4) is 0 Å². The Morgan fingerprint density at radius 3 is 3.00 bits per heavy atom. The molecule has 0 amide bonds. The summed E-state index contributed by atoms with van der Waals surface area (Å²) in [7, 11) is 1.70. The van der Waals surface area contributed by atoms with Crippen LogP contribution in [0.5, 0.6) is 0 Å². The van der Waals surface area contributed by atoms with E-state index in [0.717, 1.165) is 11.0 Å². The molecule has 5 heteroatoms. The predicted molar refractivity (Wildman–Crippen MR) is 63.7 cm³/mol. The number of halogens is 1. The summed E-state index contributed by atoms with van der Waals surface area (Å²) < 4.78 is 6.08. The lowest BCUT2D eigenvalue weighted by molar-refractivity contribution is 0.196. The molecule has 0 aromatic carbocycles. The molecule has 1 atom stereocenters. The zero-order chi connectivity index (χ0) is 10.4. The van der Waals surface area contributed by atoms with Crippen LogP contribution in [0.2, 0.25) is 0 Å². The Hall–Kier alpha value is 0.0600. The van der Waals surface area contributed by atoms with Gasteiger partial charge in [-0.05, 0) is 22.0 Å². The maximum atomic E-state index is 5.68. The molecule has 3 N–H and O–H groups in total. The number of nitrogens with two attached hydrogens (primary N) is 1. The molecule has 80 valence electrons. The first-order valence-corrected chi connectivity index (χ1v) is 6.11. The van der Waals surface area contributed by atoms with Gasteiger partial charge in [0.15, 0.2) is 0 Å². The quantitative estimate of drug-likeness (QED) is 0.780. The fourth-order valence-corrected chi connectivity index (χ4v) is 2.68. The highest BCUT2D eigenvalue weighted by molar-refractivity contribution is 9.10. The van der Waals surface area contributed by atoms with Crippen LogP contribution >= 0.6 is 27.3 Å². The highest BCUT2D eigenvalue weighted by Crippen LogP contribution is 2.24. The zero-order valence-corrected chi connectivity index (χ0v) is 10.5. The van der Waals surface area contributed by atoms with E-state index in [0.29, 0.717) is 13.2 Å². The number of nitrogens with one attached hydrogen (secondary N) is 1. The summed E-state index contributed by atoms with van der Waals surface area (Å²) in [6.07, 6.45) is 0. The number of hydrogen-bond acceptors (Lipinski definition) is 4. The SMILES string of the molecule is COCCNC(CN)c1cc(Br)cs1. The van der Waals surface area contributed by atoms with Crippen LogP contribution in [0.25, 0.3) is 0 Å². The third-order valence-corrected chi connectivity index (χ3v) is 3.67. The second-order valence-corrected chi connectivity index (χ2v) is 4.76. The molecule has 0 bridgehead atoms.